The van der Waals surface area contributed by atoms with Crippen LogP contribution < -0.4 is 5.32 Å². The van der Waals surface area contributed by atoms with Crippen molar-refractivity contribution in [2.24, 2.45) is 0 Å². The SMILES string of the molecule is CCCc1cc(NC(C)(CC)CCCl)ncn1. The largest absolute Gasteiger partial charge is 0.365 e. The monoisotopic (exact) mass is 255 g/mol. The van der Waals surface area contributed by atoms with E-state index >= 15 is 0 Å². The summed E-state index contributed by atoms with van der Waals surface area (Å²) < 4.78 is 0. The molecule has 0 aliphatic rings. The number of hydrogen-bond donors (Lipinski definition) is 1. The molecule has 1 N–H and O–H groups in total. The van der Waals surface area contributed by atoms with Gasteiger partial charge >= 0.3 is 0 Å². The number of anilines is 1. The van der Waals surface area contributed by atoms with Crippen molar-refractivity contribution >= 4 is 17.4 Å². The predicted molar refractivity (Wildman–Crippen MR) is 73.7 cm³/mol. The minimum atomic E-state index is 0.0135. The van der Waals surface area contributed by atoms with E-state index in [1.165, 1.54) is 0 Å². The number of aryl methyl sites for hydroxylation is 1. The van der Waals surface area contributed by atoms with Gasteiger partial charge in [-0.15, -0.1) is 11.6 Å². The van der Waals surface area contributed by atoms with Crippen LogP contribution in [0.15, 0.2) is 12.4 Å². The fraction of sp³-hybridized carbons (Fsp3) is 0.692. The maximum Gasteiger partial charge on any atom is 0.130 e. The van der Waals surface area contributed by atoms with Gasteiger partial charge in [0, 0.05) is 23.2 Å². The first-order chi connectivity index (χ1) is 8.13. The third-order valence-electron chi connectivity index (χ3n) is 3.09. The van der Waals surface area contributed by atoms with Crippen LogP contribution >= 0.6 is 11.6 Å². The lowest BCUT2D eigenvalue weighted by molar-refractivity contribution is 0.479. The number of rotatable bonds is 7. The summed E-state index contributed by atoms with van der Waals surface area (Å²) in [4.78, 5) is 8.53. The van der Waals surface area contributed by atoms with E-state index in [1.54, 1.807) is 6.33 Å². The van der Waals surface area contributed by atoms with Crippen molar-refractivity contribution in [2.75, 3.05) is 11.2 Å². The van der Waals surface area contributed by atoms with Gasteiger partial charge in [0.25, 0.3) is 0 Å². The third kappa shape index (κ3) is 4.50. The van der Waals surface area contributed by atoms with Crippen LogP contribution in [0.25, 0.3) is 0 Å². The molecule has 0 amide bonds. The lowest BCUT2D eigenvalue weighted by Crippen LogP contribution is -2.34. The second-order valence-electron chi connectivity index (χ2n) is 4.62. The molecule has 1 aromatic heterocycles. The number of nitrogens with one attached hydrogen (secondary N) is 1. The van der Waals surface area contributed by atoms with Gasteiger partial charge in [-0.25, -0.2) is 9.97 Å². The molecule has 17 heavy (non-hydrogen) atoms. The van der Waals surface area contributed by atoms with Crippen LogP contribution in [0.4, 0.5) is 5.82 Å². The van der Waals surface area contributed by atoms with Crippen molar-refractivity contribution in [2.45, 2.75) is 52.0 Å². The molecule has 1 rings (SSSR count). The van der Waals surface area contributed by atoms with Gasteiger partial charge in [-0.3, -0.25) is 0 Å². The van der Waals surface area contributed by atoms with Gasteiger partial charge in [-0.05, 0) is 26.2 Å². The van der Waals surface area contributed by atoms with Crippen molar-refractivity contribution in [1.82, 2.24) is 9.97 Å². The molecule has 1 heterocycles. The first-order valence-corrected chi connectivity index (χ1v) is 6.82. The smallest absolute Gasteiger partial charge is 0.130 e. The second-order valence-corrected chi connectivity index (χ2v) is 5.00. The summed E-state index contributed by atoms with van der Waals surface area (Å²) in [7, 11) is 0. The minimum Gasteiger partial charge on any atom is -0.365 e. The van der Waals surface area contributed by atoms with Gasteiger partial charge in [0.15, 0.2) is 0 Å². The quantitative estimate of drug-likeness (QED) is 0.756. The second kappa shape index (κ2) is 6.80. The molecule has 0 fully saturated rings. The van der Waals surface area contributed by atoms with Crippen LogP contribution in [-0.4, -0.2) is 21.4 Å². The van der Waals surface area contributed by atoms with Crippen LogP contribution in [-0.2, 0) is 6.42 Å². The average molecular weight is 256 g/mol. The molecule has 0 aromatic carbocycles. The van der Waals surface area contributed by atoms with Gasteiger partial charge in [-0.2, -0.15) is 0 Å². The molecule has 0 spiro atoms. The first kappa shape index (κ1) is 14.2. The maximum absolute atomic E-state index is 5.84. The van der Waals surface area contributed by atoms with E-state index in [4.69, 9.17) is 11.6 Å². The molecule has 0 saturated carbocycles. The Hall–Kier alpha value is -0.830. The van der Waals surface area contributed by atoms with Crippen LogP contribution in [0.2, 0.25) is 0 Å². The van der Waals surface area contributed by atoms with Gasteiger partial charge in [0.2, 0.25) is 0 Å². The van der Waals surface area contributed by atoms with Gasteiger partial charge < -0.3 is 5.32 Å². The first-order valence-electron chi connectivity index (χ1n) is 6.28. The lowest BCUT2D eigenvalue weighted by atomic mass is 9.95. The number of nitrogens with zero attached hydrogens (tertiary/aromatic N) is 2. The number of hydrogen-bond acceptors (Lipinski definition) is 3. The Morgan fingerprint density at radius 1 is 1.35 bits per heavy atom. The summed E-state index contributed by atoms with van der Waals surface area (Å²) >= 11 is 5.84. The molecular weight excluding hydrogens is 234 g/mol. The molecule has 1 aromatic rings. The maximum atomic E-state index is 5.84. The molecule has 3 nitrogen and oxygen atoms in total. The number of alkyl halides is 1. The summed E-state index contributed by atoms with van der Waals surface area (Å²) in [6.07, 6.45) is 5.67. The zero-order valence-electron chi connectivity index (χ0n) is 11.0. The van der Waals surface area contributed by atoms with E-state index < -0.39 is 0 Å². The van der Waals surface area contributed by atoms with Crippen LogP contribution in [0.1, 0.15) is 45.7 Å². The zero-order chi connectivity index (χ0) is 12.7. The van der Waals surface area contributed by atoms with Crippen molar-refractivity contribution in [3.05, 3.63) is 18.1 Å². The Bertz CT molecular complexity index is 343. The summed E-state index contributed by atoms with van der Waals surface area (Å²) in [5.41, 5.74) is 1.11. The predicted octanol–water partition coefficient (Wildman–Crippen LogP) is 3.64. The van der Waals surface area contributed by atoms with Gasteiger partial charge in [0.1, 0.15) is 12.1 Å². The molecule has 1 unspecified atom stereocenters. The lowest BCUT2D eigenvalue weighted by Gasteiger charge is -2.29. The molecule has 96 valence electrons. The van der Waals surface area contributed by atoms with Crippen molar-refractivity contribution in [3.63, 3.8) is 0 Å². The normalized spacial score (nSPS) is 14.4. The molecule has 0 aliphatic carbocycles. The summed E-state index contributed by atoms with van der Waals surface area (Å²) in [6.45, 7) is 6.49. The highest BCUT2D eigenvalue weighted by Crippen LogP contribution is 2.21. The molecule has 0 radical (unpaired) electrons. The Morgan fingerprint density at radius 3 is 2.71 bits per heavy atom. The minimum absolute atomic E-state index is 0.0135. The summed E-state index contributed by atoms with van der Waals surface area (Å²) in [5.74, 6) is 1.56. The fourth-order valence-electron chi connectivity index (χ4n) is 1.70. The topological polar surface area (TPSA) is 37.8 Å². The molecule has 0 aliphatic heterocycles. The third-order valence-corrected chi connectivity index (χ3v) is 3.28. The van der Waals surface area contributed by atoms with Crippen molar-refractivity contribution in [3.8, 4) is 0 Å². The van der Waals surface area contributed by atoms with Crippen LogP contribution in [0.3, 0.4) is 0 Å². The van der Waals surface area contributed by atoms with Crippen LogP contribution in [0, 0.1) is 0 Å². The van der Waals surface area contributed by atoms with E-state index in [0.717, 1.165) is 37.2 Å². The van der Waals surface area contributed by atoms with Gasteiger partial charge in [-0.1, -0.05) is 20.3 Å². The summed E-state index contributed by atoms with van der Waals surface area (Å²) in [5, 5.41) is 3.47. The van der Waals surface area contributed by atoms with E-state index in [9.17, 15) is 0 Å². The van der Waals surface area contributed by atoms with E-state index in [2.05, 4.69) is 36.1 Å². The molecular formula is C13H22ClN3. The molecule has 4 heteroatoms. The number of aromatic nitrogens is 2. The Labute approximate surface area is 109 Å². The molecule has 0 bridgehead atoms. The number of halogens is 1. The van der Waals surface area contributed by atoms with Gasteiger partial charge in [0.05, 0.1) is 0 Å². The Kier molecular flexibility index (Phi) is 5.69. The van der Waals surface area contributed by atoms with E-state index in [0.29, 0.717) is 5.88 Å². The van der Waals surface area contributed by atoms with Crippen molar-refractivity contribution < 1.29 is 0 Å². The zero-order valence-corrected chi connectivity index (χ0v) is 11.7. The Balaban J connectivity index is 2.75. The van der Waals surface area contributed by atoms with E-state index in [1.807, 2.05) is 6.07 Å². The van der Waals surface area contributed by atoms with E-state index in [-0.39, 0.29) is 5.54 Å². The molecule has 0 saturated heterocycles. The Morgan fingerprint density at radius 2 is 2.12 bits per heavy atom. The highest BCUT2D eigenvalue weighted by Gasteiger charge is 2.21. The standard InChI is InChI=1S/C13H22ClN3/c1-4-6-11-9-12(16-10-15-11)17-13(3,5-2)7-8-14/h9-10H,4-8H2,1-3H3,(H,15,16,17). The fourth-order valence-corrected chi connectivity index (χ4v) is 2.12. The highest BCUT2D eigenvalue weighted by molar-refractivity contribution is 6.17. The van der Waals surface area contributed by atoms with Crippen molar-refractivity contribution in [1.29, 1.82) is 0 Å². The summed E-state index contributed by atoms with van der Waals surface area (Å²) in [6, 6.07) is 2.03. The highest BCUT2D eigenvalue weighted by atomic mass is 35.5. The van der Waals surface area contributed by atoms with Crippen LogP contribution in [0.5, 0.6) is 0 Å². The average Bonchev–Trinajstić information content (AvgIpc) is 2.30. The molecule has 1 atom stereocenters.